The first-order valence-electron chi connectivity index (χ1n) is 11.1. The van der Waals surface area contributed by atoms with Crippen LogP contribution in [0.3, 0.4) is 0 Å². The molecule has 0 spiro atoms. The van der Waals surface area contributed by atoms with E-state index in [-0.39, 0.29) is 0 Å². The molecule has 3 rings (SSSR count). The Morgan fingerprint density at radius 1 is 0.812 bits per heavy atom. The highest BCUT2D eigenvalue weighted by molar-refractivity contribution is 7.17. The molecule has 0 unspecified atom stereocenters. The summed E-state index contributed by atoms with van der Waals surface area (Å²) in [6.45, 7) is 10.9. The zero-order chi connectivity index (χ0) is 23.2. The minimum Gasteiger partial charge on any atom is -0.320 e. The van der Waals surface area contributed by atoms with Crippen LogP contribution in [0.5, 0.6) is 0 Å². The van der Waals surface area contributed by atoms with Crippen LogP contribution in [0.4, 0.5) is 0 Å². The molecule has 2 aromatic carbocycles. The summed E-state index contributed by atoms with van der Waals surface area (Å²) in [5.74, 6) is 3.50. The molecule has 0 saturated heterocycles. The van der Waals surface area contributed by atoms with Crippen LogP contribution in [0.15, 0.2) is 66.7 Å². The molecule has 1 heterocycles. The molecule has 0 fully saturated rings. The van der Waals surface area contributed by atoms with Gasteiger partial charge >= 0.3 is 0 Å². The summed E-state index contributed by atoms with van der Waals surface area (Å²) in [6.07, 6.45) is 1.99. The summed E-state index contributed by atoms with van der Waals surface area (Å²) in [5, 5.41) is 6.50. The van der Waals surface area contributed by atoms with Crippen molar-refractivity contribution in [2.24, 2.45) is 5.90 Å². The molecule has 172 valence electrons. The highest BCUT2D eigenvalue weighted by Crippen LogP contribution is 2.27. The lowest BCUT2D eigenvalue weighted by Crippen LogP contribution is -2.35. The maximum Gasteiger partial charge on any atom is 0.160 e. The third-order valence-corrected chi connectivity index (χ3v) is 6.63. The van der Waals surface area contributed by atoms with Crippen LogP contribution in [0.1, 0.15) is 34.6 Å². The lowest BCUT2D eigenvalue weighted by molar-refractivity contribution is 0.112. The second kappa shape index (κ2) is 14.7. The molecular formula is C26H35N3O2S. The molecule has 1 aromatic heterocycles. The first-order chi connectivity index (χ1) is 15.7. The van der Waals surface area contributed by atoms with Gasteiger partial charge in [-0.15, -0.1) is 11.3 Å². The van der Waals surface area contributed by atoms with E-state index in [4.69, 9.17) is 5.21 Å². The van der Waals surface area contributed by atoms with Gasteiger partial charge in [0.15, 0.2) is 6.29 Å². The second-order valence-corrected chi connectivity index (χ2v) is 8.67. The van der Waals surface area contributed by atoms with Crippen LogP contribution in [-0.4, -0.2) is 54.0 Å². The van der Waals surface area contributed by atoms with Crippen molar-refractivity contribution in [2.45, 2.75) is 26.8 Å². The number of thiophene rings is 1. The number of likely N-dealkylation sites (N-methyl/N-ethyl adjacent to an activating group) is 1. The van der Waals surface area contributed by atoms with Crippen LogP contribution in [0, 0.1) is 0 Å². The van der Waals surface area contributed by atoms with Gasteiger partial charge in [-0.2, -0.15) is 0 Å². The number of carbonyl (C=O) groups is 1. The smallest absolute Gasteiger partial charge is 0.160 e. The van der Waals surface area contributed by atoms with E-state index < -0.39 is 0 Å². The normalized spacial score (nSPS) is 10.8. The third-order valence-electron chi connectivity index (χ3n) is 5.57. The first kappa shape index (κ1) is 25.9. The monoisotopic (exact) mass is 453 g/mol. The highest BCUT2D eigenvalue weighted by Gasteiger charge is 2.10. The Bertz CT molecular complexity index is 893. The molecule has 0 aliphatic carbocycles. The maximum absolute atomic E-state index is 10.9. The van der Waals surface area contributed by atoms with Crippen LogP contribution in [0.2, 0.25) is 0 Å². The average molecular weight is 454 g/mol. The minimum absolute atomic E-state index is 0.776. The zero-order valence-electron chi connectivity index (χ0n) is 19.1. The second-order valence-electron chi connectivity index (χ2n) is 7.56. The number of hydrogen-bond donors (Lipinski definition) is 2. The Balaban J connectivity index is 0.00000176. The molecule has 0 saturated carbocycles. The van der Waals surface area contributed by atoms with E-state index in [1.54, 1.807) is 11.3 Å². The molecule has 6 heteroatoms. The molecule has 0 amide bonds. The number of carbonyl (C=O) groups excluding carboxylic acids is 1. The van der Waals surface area contributed by atoms with Crippen molar-refractivity contribution in [1.29, 1.82) is 0 Å². The largest absolute Gasteiger partial charge is 0.320 e. The fourth-order valence-electron chi connectivity index (χ4n) is 3.63. The van der Waals surface area contributed by atoms with Gasteiger partial charge in [0.2, 0.25) is 0 Å². The molecule has 0 radical (unpaired) electrons. The molecule has 3 aromatic rings. The minimum atomic E-state index is 0.776. The summed E-state index contributed by atoms with van der Waals surface area (Å²) in [4.78, 5) is 17.9. The van der Waals surface area contributed by atoms with Crippen molar-refractivity contribution in [3.05, 3.63) is 82.7 Å². The molecule has 0 aliphatic rings. The van der Waals surface area contributed by atoms with Gasteiger partial charge in [-0.25, -0.2) is 5.90 Å². The van der Waals surface area contributed by atoms with Crippen molar-refractivity contribution >= 4 is 17.6 Å². The molecule has 0 aliphatic heterocycles. The van der Waals surface area contributed by atoms with E-state index >= 15 is 0 Å². The van der Waals surface area contributed by atoms with Gasteiger partial charge < -0.3 is 10.1 Å². The fraction of sp³-hybridized carbons (Fsp3) is 0.346. The Hall–Kier alpha value is -2.35. The van der Waals surface area contributed by atoms with Gasteiger partial charge in [0.05, 0.1) is 4.88 Å². The molecule has 0 bridgehead atoms. The van der Waals surface area contributed by atoms with Gasteiger partial charge in [-0.3, -0.25) is 9.69 Å². The van der Waals surface area contributed by atoms with E-state index in [1.165, 1.54) is 16.7 Å². The molecule has 32 heavy (non-hydrogen) atoms. The summed E-state index contributed by atoms with van der Waals surface area (Å²) in [5.41, 5.74) is 3.90. The summed E-state index contributed by atoms with van der Waals surface area (Å²) < 4.78 is 0. The van der Waals surface area contributed by atoms with Gasteiger partial charge in [0.1, 0.15) is 0 Å². The van der Waals surface area contributed by atoms with Crippen molar-refractivity contribution in [3.63, 3.8) is 0 Å². The van der Waals surface area contributed by atoms with Crippen molar-refractivity contribution < 1.29 is 10.0 Å². The molecule has 0 atom stereocenters. The van der Waals surface area contributed by atoms with Gasteiger partial charge in [-0.05, 0) is 48.3 Å². The van der Waals surface area contributed by atoms with E-state index in [1.807, 2.05) is 12.1 Å². The predicted octanol–water partition coefficient (Wildman–Crippen LogP) is 4.95. The van der Waals surface area contributed by atoms with Crippen molar-refractivity contribution in [1.82, 2.24) is 9.80 Å². The summed E-state index contributed by atoms with van der Waals surface area (Å²) in [7, 11) is 0. The number of aldehydes is 1. The highest BCUT2D eigenvalue weighted by atomic mass is 32.1. The van der Waals surface area contributed by atoms with Gasteiger partial charge in [0, 0.05) is 31.1 Å². The predicted molar refractivity (Wildman–Crippen MR) is 134 cm³/mol. The lowest BCUT2D eigenvalue weighted by atomic mass is 10.1. The Morgan fingerprint density at radius 3 is 2.06 bits per heavy atom. The van der Waals surface area contributed by atoms with Crippen LogP contribution in [-0.2, 0) is 13.0 Å². The molecular weight excluding hydrogens is 418 g/mol. The number of nitrogens with two attached hydrogens (primary N) is 1. The SMILES string of the molecule is CCN(CC)CCN(CCc1ccccc1)Cc1ccc(-c2ccc(C=O)s2)cc1.NO. The van der Waals surface area contributed by atoms with Crippen LogP contribution in [0.25, 0.3) is 10.4 Å². The summed E-state index contributed by atoms with van der Waals surface area (Å²) in [6, 6.07) is 23.5. The number of benzene rings is 2. The fourth-order valence-corrected chi connectivity index (χ4v) is 4.46. The zero-order valence-corrected chi connectivity index (χ0v) is 19.9. The quantitative estimate of drug-likeness (QED) is 0.300. The van der Waals surface area contributed by atoms with Gasteiger partial charge in [0.25, 0.3) is 0 Å². The van der Waals surface area contributed by atoms with E-state index in [0.717, 1.165) is 61.7 Å². The van der Waals surface area contributed by atoms with E-state index in [9.17, 15) is 4.79 Å². The number of rotatable bonds is 12. The Labute approximate surface area is 196 Å². The van der Waals surface area contributed by atoms with Crippen molar-refractivity contribution in [3.8, 4) is 10.4 Å². The maximum atomic E-state index is 10.9. The Morgan fingerprint density at radius 2 is 1.47 bits per heavy atom. The summed E-state index contributed by atoms with van der Waals surface area (Å²) >= 11 is 1.54. The lowest BCUT2D eigenvalue weighted by Gasteiger charge is -2.26. The van der Waals surface area contributed by atoms with E-state index in [2.05, 4.69) is 84.1 Å². The third kappa shape index (κ3) is 8.30. The van der Waals surface area contributed by atoms with Crippen LogP contribution >= 0.6 is 11.3 Å². The first-order valence-corrected chi connectivity index (χ1v) is 11.9. The van der Waals surface area contributed by atoms with Gasteiger partial charge in [-0.1, -0.05) is 68.4 Å². The molecule has 3 N–H and O–H groups in total. The Kier molecular flexibility index (Phi) is 11.9. The molecule has 5 nitrogen and oxygen atoms in total. The standard InChI is InChI=1S/C26H32N2OS.H3NO/c1-3-27(4-2)18-19-28(17-16-22-8-6-5-7-9-22)20-23-10-12-24(13-11-23)26-15-14-25(21-29)30-26;1-2/h5-15,21H,3-4,16-20H2,1-2H3;2H,1H2. The number of nitrogens with zero attached hydrogens (tertiary/aromatic N) is 2. The van der Waals surface area contributed by atoms with E-state index in [0.29, 0.717) is 0 Å². The average Bonchev–Trinajstić information content (AvgIpc) is 3.35. The topological polar surface area (TPSA) is 69.8 Å². The number of hydrogen-bond acceptors (Lipinski definition) is 6. The van der Waals surface area contributed by atoms with Crippen molar-refractivity contribution in [2.75, 3.05) is 32.7 Å². The van der Waals surface area contributed by atoms with Crippen LogP contribution < -0.4 is 5.90 Å².